The minimum Gasteiger partial charge on any atom is -0.492 e. The van der Waals surface area contributed by atoms with Crippen LogP contribution in [0.2, 0.25) is 0 Å². The molecule has 194 valence electrons. The first-order valence-corrected chi connectivity index (χ1v) is 15.2. The van der Waals surface area contributed by atoms with Crippen molar-refractivity contribution in [2.75, 3.05) is 30.3 Å². The molecular formula is C29H38N2O4S. The molecule has 0 radical (unpaired) electrons. The zero-order valence-electron chi connectivity index (χ0n) is 21.4. The average Bonchev–Trinajstić information content (AvgIpc) is 2.84. The molecule has 4 fully saturated rings. The SMILES string of the molecule is CCc1ccc(OCCNC(=O)CN(c2ccc(C34CC5CC(CC(C5)C3)C4)cc2)S(C)(=O)=O)cc1. The molecule has 0 atom stereocenters. The number of amides is 1. The maximum absolute atomic E-state index is 12.6. The van der Waals surface area contributed by atoms with E-state index in [1.54, 1.807) is 0 Å². The van der Waals surface area contributed by atoms with Crippen LogP contribution in [0.3, 0.4) is 0 Å². The fourth-order valence-corrected chi connectivity index (χ4v) is 8.07. The first-order valence-electron chi connectivity index (χ1n) is 13.3. The molecule has 2 aromatic rings. The zero-order valence-corrected chi connectivity index (χ0v) is 22.2. The molecule has 0 heterocycles. The van der Waals surface area contributed by atoms with Crippen LogP contribution in [-0.2, 0) is 26.7 Å². The minimum absolute atomic E-state index is 0.249. The first-order chi connectivity index (χ1) is 17.2. The predicted molar refractivity (Wildman–Crippen MR) is 143 cm³/mol. The van der Waals surface area contributed by atoms with E-state index in [-0.39, 0.29) is 17.9 Å². The summed E-state index contributed by atoms with van der Waals surface area (Å²) < 4.78 is 32.0. The summed E-state index contributed by atoms with van der Waals surface area (Å²) in [6.45, 7) is 2.47. The van der Waals surface area contributed by atoms with Crippen LogP contribution in [0.5, 0.6) is 5.75 Å². The van der Waals surface area contributed by atoms with Crippen molar-refractivity contribution in [2.24, 2.45) is 17.8 Å². The molecule has 0 saturated heterocycles. The number of anilines is 1. The van der Waals surface area contributed by atoms with Gasteiger partial charge in [-0.15, -0.1) is 0 Å². The van der Waals surface area contributed by atoms with Gasteiger partial charge in [-0.25, -0.2) is 8.42 Å². The summed E-state index contributed by atoms with van der Waals surface area (Å²) in [6, 6.07) is 15.8. The maximum atomic E-state index is 12.6. The Labute approximate surface area is 215 Å². The molecule has 4 aliphatic carbocycles. The van der Waals surface area contributed by atoms with Crippen molar-refractivity contribution in [2.45, 2.75) is 57.3 Å². The van der Waals surface area contributed by atoms with Crippen molar-refractivity contribution in [1.29, 1.82) is 0 Å². The Morgan fingerprint density at radius 1 is 0.972 bits per heavy atom. The Kier molecular flexibility index (Phi) is 7.03. The summed E-state index contributed by atoms with van der Waals surface area (Å²) in [5.41, 5.74) is 3.38. The van der Waals surface area contributed by atoms with Crippen molar-refractivity contribution in [3.8, 4) is 5.75 Å². The van der Waals surface area contributed by atoms with E-state index in [1.807, 2.05) is 36.4 Å². The van der Waals surface area contributed by atoms with Gasteiger partial charge in [0.25, 0.3) is 0 Å². The third-order valence-corrected chi connectivity index (χ3v) is 9.66. The van der Waals surface area contributed by atoms with Crippen molar-refractivity contribution in [1.82, 2.24) is 5.32 Å². The summed E-state index contributed by atoms with van der Waals surface area (Å²) in [7, 11) is -3.61. The van der Waals surface area contributed by atoms with E-state index in [1.165, 1.54) is 54.0 Å². The third kappa shape index (κ3) is 5.41. The van der Waals surface area contributed by atoms with Crippen LogP contribution >= 0.6 is 0 Å². The van der Waals surface area contributed by atoms with Gasteiger partial charge < -0.3 is 10.1 Å². The molecule has 7 heteroatoms. The molecule has 4 aliphatic rings. The fraction of sp³-hybridized carbons (Fsp3) is 0.552. The smallest absolute Gasteiger partial charge is 0.240 e. The number of sulfonamides is 1. The van der Waals surface area contributed by atoms with E-state index in [0.29, 0.717) is 18.8 Å². The first kappa shape index (κ1) is 25.1. The Morgan fingerprint density at radius 2 is 1.56 bits per heavy atom. The molecule has 0 aromatic heterocycles. The number of ether oxygens (including phenoxy) is 1. The molecule has 6 rings (SSSR count). The highest BCUT2D eigenvalue weighted by Crippen LogP contribution is 2.60. The lowest BCUT2D eigenvalue weighted by Gasteiger charge is -2.57. The quantitative estimate of drug-likeness (QED) is 0.471. The second kappa shape index (κ2) is 10.1. The molecular weight excluding hydrogens is 472 g/mol. The van der Waals surface area contributed by atoms with Gasteiger partial charge in [-0.1, -0.05) is 31.2 Å². The molecule has 1 N–H and O–H groups in total. The molecule has 6 nitrogen and oxygen atoms in total. The van der Waals surface area contributed by atoms with Crippen LogP contribution in [0.1, 0.15) is 56.6 Å². The summed E-state index contributed by atoms with van der Waals surface area (Å²) in [4.78, 5) is 12.6. The topological polar surface area (TPSA) is 75.7 Å². The van der Waals surface area contributed by atoms with Gasteiger partial charge in [0, 0.05) is 0 Å². The van der Waals surface area contributed by atoms with E-state index in [0.717, 1.165) is 36.2 Å². The van der Waals surface area contributed by atoms with E-state index in [2.05, 4.69) is 24.4 Å². The van der Waals surface area contributed by atoms with Crippen molar-refractivity contribution >= 4 is 21.6 Å². The summed E-state index contributed by atoms with van der Waals surface area (Å²) >= 11 is 0. The number of benzene rings is 2. The zero-order chi connectivity index (χ0) is 25.3. The van der Waals surface area contributed by atoms with Crippen molar-refractivity contribution in [3.63, 3.8) is 0 Å². The number of rotatable bonds is 10. The molecule has 4 saturated carbocycles. The molecule has 0 unspecified atom stereocenters. The normalized spacial score (nSPS) is 26.6. The summed E-state index contributed by atoms with van der Waals surface area (Å²) in [6.07, 6.45) is 10.1. The molecule has 1 amide bonds. The van der Waals surface area contributed by atoms with E-state index in [4.69, 9.17) is 4.74 Å². The van der Waals surface area contributed by atoms with Crippen LogP contribution < -0.4 is 14.4 Å². The van der Waals surface area contributed by atoms with Gasteiger partial charge >= 0.3 is 0 Å². The highest BCUT2D eigenvalue weighted by Gasteiger charge is 2.51. The Morgan fingerprint density at radius 3 is 2.08 bits per heavy atom. The largest absolute Gasteiger partial charge is 0.492 e. The fourth-order valence-electron chi connectivity index (χ4n) is 7.21. The van der Waals surface area contributed by atoms with Crippen molar-refractivity contribution < 1.29 is 17.9 Å². The number of carbonyl (C=O) groups excluding carboxylic acids is 1. The van der Waals surface area contributed by atoms with Crippen LogP contribution in [0.15, 0.2) is 48.5 Å². The highest BCUT2D eigenvalue weighted by molar-refractivity contribution is 7.92. The lowest BCUT2D eigenvalue weighted by Crippen LogP contribution is -2.48. The lowest BCUT2D eigenvalue weighted by molar-refractivity contribution is -0.119. The van der Waals surface area contributed by atoms with Gasteiger partial charge in [0.1, 0.15) is 18.9 Å². The third-order valence-electron chi connectivity index (χ3n) is 8.52. The minimum atomic E-state index is -3.61. The predicted octanol–water partition coefficient (Wildman–Crippen LogP) is 4.68. The molecule has 2 aromatic carbocycles. The molecule has 4 bridgehead atoms. The second-order valence-electron chi connectivity index (χ2n) is 11.2. The monoisotopic (exact) mass is 510 g/mol. The Balaban J connectivity index is 1.18. The number of hydrogen-bond donors (Lipinski definition) is 1. The maximum Gasteiger partial charge on any atom is 0.240 e. The van der Waals surface area contributed by atoms with E-state index in [9.17, 15) is 13.2 Å². The molecule has 0 spiro atoms. The Bertz CT molecular complexity index is 1140. The van der Waals surface area contributed by atoms with Gasteiger partial charge in [-0.3, -0.25) is 9.10 Å². The van der Waals surface area contributed by atoms with Gasteiger partial charge in [-0.05, 0) is 104 Å². The van der Waals surface area contributed by atoms with E-state index < -0.39 is 10.0 Å². The van der Waals surface area contributed by atoms with Crippen LogP contribution in [0.4, 0.5) is 5.69 Å². The number of hydrogen-bond acceptors (Lipinski definition) is 4. The second-order valence-corrected chi connectivity index (χ2v) is 13.1. The lowest BCUT2D eigenvalue weighted by atomic mass is 9.48. The highest BCUT2D eigenvalue weighted by atomic mass is 32.2. The van der Waals surface area contributed by atoms with Crippen LogP contribution in [0, 0.1) is 17.8 Å². The standard InChI is InChI=1S/C29H38N2O4S/c1-3-21-4-10-27(11-5-21)35-13-12-30-28(32)20-31(36(2,33)34)26-8-6-25(7-9-26)29-17-22-14-23(18-29)16-24(15-22)19-29/h4-11,22-24H,3,12-20H2,1-2H3,(H,30,32). The van der Waals surface area contributed by atoms with Crippen molar-refractivity contribution in [3.05, 3.63) is 59.7 Å². The Hall–Kier alpha value is -2.54. The molecule has 0 aliphatic heterocycles. The molecule has 36 heavy (non-hydrogen) atoms. The van der Waals surface area contributed by atoms with Gasteiger partial charge in [-0.2, -0.15) is 0 Å². The van der Waals surface area contributed by atoms with Gasteiger partial charge in [0.05, 0.1) is 18.5 Å². The van der Waals surface area contributed by atoms with Gasteiger partial charge in [0.2, 0.25) is 15.9 Å². The van der Waals surface area contributed by atoms with Crippen LogP contribution in [0.25, 0.3) is 0 Å². The van der Waals surface area contributed by atoms with Gasteiger partial charge in [0.15, 0.2) is 0 Å². The number of carbonyl (C=O) groups is 1. The number of nitrogens with one attached hydrogen (secondary N) is 1. The summed E-state index contributed by atoms with van der Waals surface area (Å²) in [5, 5.41) is 2.78. The number of nitrogens with zero attached hydrogens (tertiary/aromatic N) is 1. The summed E-state index contributed by atoms with van der Waals surface area (Å²) in [5.74, 6) is 2.96. The van der Waals surface area contributed by atoms with E-state index >= 15 is 0 Å². The average molecular weight is 511 g/mol. The van der Waals surface area contributed by atoms with Crippen LogP contribution in [-0.4, -0.2) is 40.3 Å². The number of aryl methyl sites for hydroxylation is 1.